The molecule has 4 rings (SSSR count). The topological polar surface area (TPSA) is 38.8 Å². The van der Waals surface area contributed by atoms with E-state index in [1.54, 1.807) is 12.1 Å². The van der Waals surface area contributed by atoms with Gasteiger partial charge >= 0.3 is 0 Å². The Morgan fingerprint density at radius 3 is 2.64 bits per heavy atom. The number of halogens is 1. The van der Waals surface area contributed by atoms with Gasteiger partial charge in [-0.3, -0.25) is 4.79 Å². The summed E-state index contributed by atoms with van der Waals surface area (Å²) < 4.78 is 11.1. The Bertz CT molecular complexity index is 832. The lowest BCUT2D eigenvalue weighted by molar-refractivity contribution is 0.0771. The van der Waals surface area contributed by atoms with Gasteiger partial charge in [-0.05, 0) is 29.7 Å². The van der Waals surface area contributed by atoms with E-state index < -0.39 is 0 Å². The molecule has 0 aliphatic carbocycles. The lowest BCUT2D eigenvalue weighted by atomic mass is 9.99. The Morgan fingerprint density at radius 1 is 1.08 bits per heavy atom. The van der Waals surface area contributed by atoms with Crippen molar-refractivity contribution in [3.8, 4) is 11.5 Å². The van der Waals surface area contributed by atoms with Crippen molar-refractivity contribution < 1.29 is 14.3 Å². The third-order valence-electron chi connectivity index (χ3n) is 4.48. The molecule has 2 aliphatic heterocycles. The maximum atomic E-state index is 12.8. The molecule has 0 atom stereocenters. The molecule has 128 valence electrons. The fraction of sp³-hybridized carbons (Fsp3) is 0.250. The van der Waals surface area contributed by atoms with Gasteiger partial charge in [0.2, 0.25) is 0 Å². The van der Waals surface area contributed by atoms with Crippen LogP contribution in [-0.2, 0) is 0 Å². The molecule has 0 fully saturated rings. The van der Waals surface area contributed by atoms with Gasteiger partial charge in [0.1, 0.15) is 13.2 Å². The molecule has 2 aromatic rings. The van der Waals surface area contributed by atoms with Crippen molar-refractivity contribution in [1.82, 2.24) is 4.90 Å². The highest BCUT2D eigenvalue weighted by Crippen LogP contribution is 2.38. The molecule has 25 heavy (non-hydrogen) atoms. The molecular formula is C20H18ClNO3. The lowest BCUT2D eigenvalue weighted by Gasteiger charge is -2.27. The van der Waals surface area contributed by atoms with Gasteiger partial charge in [0, 0.05) is 18.7 Å². The van der Waals surface area contributed by atoms with Crippen LogP contribution in [0, 0.1) is 0 Å². The van der Waals surface area contributed by atoms with Crippen LogP contribution in [0.25, 0.3) is 5.57 Å². The summed E-state index contributed by atoms with van der Waals surface area (Å²) in [5, 5.41) is 0.415. The number of nitrogens with zero attached hydrogens (tertiary/aromatic N) is 1. The van der Waals surface area contributed by atoms with Crippen LogP contribution in [0.3, 0.4) is 0 Å². The normalized spacial score (nSPS) is 16.4. The van der Waals surface area contributed by atoms with Crippen molar-refractivity contribution in [3.05, 3.63) is 64.7 Å². The van der Waals surface area contributed by atoms with Crippen LogP contribution in [0.4, 0.5) is 0 Å². The number of hydrogen-bond donors (Lipinski definition) is 0. The lowest BCUT2D eigenvalue weighted by Crippen LogP contribution is -2.34. The van der Waals surface area contributed by atoms with Gasteiger partial charge in [-0.25, -0.2) is 0 Å². The zero-order chi connectivity index (χ0) is 17.2. The van der Waals surface area contributed by atoms with Crippen molar-refractivity contribution in [3.63, 3.8) is 0 Å². The summed E-state index contributed by atoms with van der Waals surface area (Å²) in [5.41, 5.74) is 3.03. The molecule has 0 radical (unpaired) electrons. The molecule has 2 heterocycles. The summed E-state index contributed by atoms with van der Waals surface area (Å²) in [6, 6.07) is 13.7. The molecule has 5 heteroatoms. The molecule has 0 saturated carbocycles. The van der Waals surface area contributed by atoms with E-state index >= 15 is 0 Å². The molecule has 0 saturated heterocycles. The molecule has 0 aromatic heterocycles. The fourth-order valence-electron chi connectivity index (χ4n) is 3.18. The maximum Gasteiger partial charge on any atom is 0.254 e. The van der Waals surface area contributed by atoms with Crippen LogP contribution in [0.2, 0.25) is 5.02 Å². The van der Waals surface area contributed by atoms with E-state index in [9.17, 15) is 4.79 Å². The molecule has 2 aromatic carbocycles. The zero-order valence-corrected chi connectivity index (χ0v) is 14.5. The summed E-state index contributed by atoms with van der Waals surface area (Å²) in [7, 11) is 0. The maximum absolute atomic E-state index is 12.8. The summed E-state index contributed by atoms with van der Waals surface area (Å²) in [6.07, 6.45) is 2.96. The second kappa shape index (κ2) is 6.81. The first-order chi connectivity index (χ1) is 12.2. The minimum Gasteiger partial charge on any atom is -0.486 e. The number of carbonyl (C=O) groups excluding carboxylic acids is 1. The number of amides is 1. The third kappa shape index (κ3) is 3.22. The van der Waals surface area contributed by atoms with E-state index in [1.807, 2.05) is 23.1 Å². The van der Waals surface area contributed by atoms with Gasteiger partial charge in [0.15, 0.2) is 11.5 Å². The van der Waals surface area contributed by atoms with Crippen molar-refractivity contribution in [2.24, 2.45) is 0 Å². The summed E-state index contributed by atoms with van der Waals surface area (Å²) >= 11 is 6.25. The van der Waals surface area contributed by atoms with Crippen LogP contribution in [-0.4, -0.2) is 37.1 Å². The van der Waals surface area contributed by atoms with Crippen molar-refractivity contribution in [1.29, 1.82) is 0 Å². The number of carbonyl (C=O) groups is 1. The Labute approximate surface area is 151 Å². The van der Waals surface area contributed by atoms with Crippen molar-refractivity contribution in [2.75, 3.05) is 26.3 Å². The second-order valence-electron chi connectivity index (χ2n) is 6.08. The molecule has 0 N–H and O–H groups in total. The minimum absolute atomic E-state index is 0.0396. The zero-order valence-electron chi connectivity index (χ0n) is 13.7. The van der Waals surface area contributed by atoms with E-state index in [0.717, 1.165) is 6.42 Å². The number of ether oxygens (including phenoxy) is 2. The van der Waals surface area contributed by atoms with Crippen molar-refractivity contribution in [2.45, 2.75) is 6.42 Å². The number of benzene rings is 2. The SMILES string of the molecule is O=C(c1cc(Cl)c2c(c1)OCCO2)N1CC=C(c2ccccc2)CC1. The predicted molar refractivity (Wildman–Crippen MR) is 97.4 cm³/mol. The molecule has 0 spiro atoms. The number of fused-ring (bicyclic) bond motifs is 1. The highest BCUT2D eigenvalue weighted by Gasteiger charge is 2.23. The minimum atomic E-state index is -0.0396. The quantitative estimate of drug-likeness (QED) is 0.816. The van der Waals surface area contributed by atoms with E-state index in [0.29, 0.717) is 48.4 Å². The Balaban J connectivity index is 1.53. The van der Waals surface area contributed by atoms with Crippen LogP contribution in [0.15, 0.2) is 48.5 Å². The van der Waals surface area contributed by atoms with Gasteiger partial charge in [-0.2, -0.15) is 0 Å². The summed E-state index contributed by atoms with van der Waals surface area (Å²) in [6.45, 7) is 2.22. The largest absolute Gasteiger partial charge is 0.486 e. The molecular weight excluding hydrogens is 338 g/mol. The first-order valence-electron chi connectivity index (χ1n) is 8.35. The van der Waals surface area contributed by atoms with Crippen LogP contribution in [0.5, 0.6) is 11.5 Å². The predicted octanol–water partition coefficient (Wildman–Crippen LogP) is 4.04. The van der Waals surface area contributed by atoms with E-state index in [2.05, 4.69) is 18.2 Å². The first-order valence-corrected chi connectivity index (χ1v) is 8.73. The van der Waals surface area contributed by atoms with E-state index in [1.165, 1.54) is 11.1 Å². The molecule has 2 aliphatic rings. The van der Waals surface area contributed by atoms with Crippen LogP contribution in [0.1, 0.15) is 22.3 Å². The Hall–Kier alpha value is -2.46. The smallest absolute Gasteiger partial charge is 0.254 e. The molecule has 0 unspecified atom stereocenters. The monoisotopic (exact) mass is 355 g/mol. The molecule has 4 nitrogen and oxygen atoms in total. The molecule has 1 amide bonds. The molecule has 0 bridgehead atoms. The average molecular weight is 356 g/mol. The summed E-state index contributed by atoms with van der Waals surface area (Å²) in [5.74, 6) is 1.02. The van der Waals surface area contributed by atoms with Crippen molar-refractivity contribution >= 4 is 23.1 Å². The van der Waals surface area contributed by atoms with Gasteiger partial charge in [0.05, 0.1) is 5.02 Å². The van der Waals surface area contributed by atoms with Gasteiger partial charge in [0.25, 0.3) is 5.91 Å². The van der Waals surface area contributed by atoms with Crippen LogP contribution < -0.4 is 9.47 Å². The van der Waals surface area contributed by atoms with Gasteiger partial charge < -0.3 is 14.4 Å². The van der Waals surface area contributed by atoms with E-state index in [-0.39, 0.29) is 5.91 Å². The second-order valence-corrected chi connectivity index (χ2v) is 6.49. The average Bonchev–Trinajstić information content (AvgIpc) is 2.68. The first kappa shape index (κ1) is 16.0. The van der Waals surface area contributed by atoms with Crippen LogP contribution >= 0.6 is 11.6 Å². The van der Waals surface area contributed by atoms with E-state index in [4.69, 9.17) is 21.1 Å². The van der Waals surface area contributed by atoms with Gasteiger partial charge in [-0.1, -0.05) is 48.0 Å². The number of rotatable bonds is 2. The standard InChI is InChI=1S/C20H18ClNO3/c21-17-12-16(13-18-19(17)25-11-10-24-18)20(23)22-8-6-15(7-9-22)14-4-2-1-3-5-14/h1-6,12-13H,7-11H2. The Kier molecular flexibility index (Phi) is 4.36. The summed E-state index contributed by atoms with van der Waals surface area (Å²) in [4.78, 5) is 14.7. The third-order valence-corrected chi connectivity index (χ3v) is 4.77. The van der Waals surface area contributed by atoms with Gasteiger partial charge in [-0.15, -0.1) is 0 Å². The highest BCUT2D eigenvalue weighted by atomic mass is 35.5. The number of hydrogen-bond acceptors (Lipinski definition) is 3. The Morgan fingerprint density at radius 2 is 1.88 bits per heavy atom. The highest BCUT2D eigenvalue weighted by molar-refractivity contribution is 6.32. The fourth-order valence-corrected chi connectivity index (χ4v) is 3.45.